The number of hydrogen-bond acceptors (Lipinski definition) is 3. The molecule has 1 aliphatic heterocycles. The van der Waals surface area contributed by atoms with Crippen LogP contribution in [0.25, 0.3) is 0 Å². The van der Waals surface area contributed by atoms with Gasteiger partial charge in [0.05, 0.1) is 0 Å². The van der Waals surface area contributed by atoms with Crippen LogP contribution in [-0.2, 0) is 4.52 Å². The molecule has 0 aromatic rings. The first-order chi connectivity index (χ1) is 2.89. The van der Waals surface area contributed by atoms with Crippen LogP contribution in [-0.4, -0.2) is 13.2 Å². The van der Waals surface area contributed by atoms with Gasteiger partial charge in [0, 0.05) is 0 Å². The topological polar surface area (TPSA) is 44.7 Å². The first-order valence-corrected chi connectivity index (χ1v) is 2.80. The van der Waals surface area contributed by atoms with E-state index in [1.807, 2.05) is 0 Å². The van der Waals surface area contributed by atoms with Crippen molar-refractivity contribution in [1.29, 1.82) is 0 Å². The van der Waals surface area contributed by atoms with Crippen molar-refractivity contribution in [2.75, 3.05) is 13.2 Å². The highest BCUT2D eigenvalue weighted by Gasteiger charge is 2.06. The van der Waals surface area contributed by atoms with Crippen LogP contribution in [0.2, 0.25) is 0 Å². The Bertz CT molecular complexity index is 81.6. The zero-order chi connectivity index (χ0) is 4.41. The van der Waals surface area contributed by atoms with E-state index in [1.54, 1.807) is 0 Å². The van der Waals surface area contributed by atoms with Crippen molar-refractivity contribution in [2.24, 2.45) is 4.74 Å². The Kier molecular flexibility index (Phi) is 1.15. The molecule has 1 aliphatic rings. The molecule has 1 unspecified atom stereocenters. The highest BCUT2D eigenvalue weighted by atomic mass is 31.1. The summed E-state index contributed by atoms with van der Waals surface area (Å²) in [5.41, 5.74) is 0. The monoisotopic (exact) mass is 105 g/mol. The van der Waals surface area contributed by atoms with E-state index in [0.29, 0.717) is 13.2 Å². The lowest BCUT2D eigenvalue weighted by Gasteiger charge is -1.76. The molecular formula is C2H4NO2P. The molecule has 1 heterocycles. The summed E-state index contributed by atoms with van der Waals surface area (Å²) in [6.07, 6.45) is 0. The average Bonchev–Trinajstić information content (AvgIpc) is 1.86. The van der Waals surface area contributed by atoms with Gasteiger partial charge in [0.1, 0.15) is 13.2 Å². The normalized spacial score (nSPS) is 27.2. The molecule has 0 radical (unpaired) electrons. The van der Waals surface area contributed by atoms with Crippen LogP contribution in [0, 0.1) is 0 Å². The van der Waals surface area contributed by atoms with Gasteiger partial charge in [-0.25, -0.2) is 0 Å². The van der Waals surface area contributed by atoms with Crippen LogP contribution < -0.4 is 4.89 Å². The van der Waals surface area contributed by atoms with E-state index in [0.717, 1.165) is 0 Å². The lowest BCUT2D eigenvalue weighted by molar-refractivity contribution is -0.172. The van der Waals surface area contributed by atoms with E-state index in [1.165, 1.54) is 0 Å². The predicted octanol–water partition coefficient (Wildman–Crippen LogP) is -0.128. The van der Waals surface area contributed by atoms with Gasteiger partial charge in [-0.2, -0.15) is 4.52 Å². The molecule has 1 atom stereocenters. The molecule has 0 bridgehead atoms. The minimum Gasteiger partial charge on any atom is -0.584 e. The quantitative estimate of drug-likeness (QED) is 0.403. The van der Waals surface area contributed by atoms with Gasteiger partial charge in [-0.3, -0.25) is 0 Å². The van der Waals surface area contributed by atoms with Gasteiger partial charge in [-0.1, -0.05) is 4.74 Å². The second kappa shape index (κ2) is 1.65. The molecule has 3 nitrogen and oxygen atoms in total. The first-order valence-electron chi connectivity index (χ1n) is 1.67. The smallest absolute Gasteiger partial charge is 0.341 e. The molecule has 4 heteroatoms. The number of rotatable bonds is 0. The van der Waals surface area contributed by atoms with Gasteiger partial charge in [-0.15, -0.1) is 0 Å². The van der Waals surface area contributed by atoms with Crippen molar-refractivity contribution in [3.05, 3.63) is 0 Å². The third-order valence-corrected chi connectivity index (χ3v) is 1.34. The first kappa shape index (κ1) is 4.19. The van der Waals surface area contributed by atoms with Crippen molar-refractivity contribution in [3.8, 4) is 0 Å². The molecule has 0 aromatic heterocycles. The van der Waals surface area contributed by atoms with Gasteiger partial charge >= 0.3 is 8.17 Å². The standard InChI is InChI=1S/C2H4NO2P/c4-6-3-1-2-5-6/h1-2H2. The van der Waals surface area contributed by atoms with Crippen molar-refractivity contribution in [2.45, 2.75) is 0 Å². The van der Waals surface area contributed by atoms with Crippen LogP contribution in [0.1, 0.15) is 0 Å². The van der Waals surface area contributed by atoms with Crippen molar-refractivity contribution in [3.63, 3.8) is 0 Å². The van der Waals surface area contributed by atoms with Crippen LogP contribution >= 0.6 is 8.17 Å². The summed E-state index contributed by atoms with van der Waals surface area (Å²) >= 11 is 0. The Hall–Kier alpha value is 0.0200. The van der Waals surface area contributed by atoms with E-state index in [4.69, 9.17) is 0 Å². The SMILES string of the molecule is [O-][P+]1=NCCO1. The number of hydrogen-bond donors (Lipinski definition) is 0. The van der Waals surface area contributed by atoms with Crippen LogP contribution in [0.15, 0.2) is 4.74 Å². The second-order valence-electron chi connectivity index (χ2n) is 0.936. The predicted molar refractivity (Wildman–Crippen MR) is 20.2 cm³/mol. The molecule has 0 fully saturated rings. The Balaban J connectivity index is 2.45. The minimum absolute atomic E-state index is 0.537. The summed E-state index contributed by atoms with van der Waals surface area (Å²) in [4.78, 5) is 10.0. The molecule has 0 spiro atoms. The lowest BCUT2D eigenvalue weighted by Crippen LogP contribution is -1.85. The third kappa shape index (κ3) is 0.744. The fraction of sp³-hybridized carbons (Fsp3) is 1.00. The third-order valence-electron chi connectivity index (χ3n) is 0.508. The zero-order valence-electron chi connectivity index (χ0n) is 3.13. The molecule has 1 rings (SSSR count). The van der Waals surface area contributed by atoms with Crippen LogP contribution in [0.4, 0.5) is 0 Å². The molecule has 0 saturated carbocycles. The van der Waals surface area contributed by atoms with Gasteiger partial charge in [0.15, 0.2) is 0 Å². The molecular weight excluding hydrogens is 101 g/mol. The Morgan fingerprint density at radius 2 is 2.67 bits per heavy atom. The van der Waals surface area contributed by atoms with E-state index in [2.05, 4.69) is 9.27 Å². The molecule has 6 heavy (non-hydrogen) atoms. The summed E-state index contributed by atoms with van der Waals surface area (Å²) in [5, 5.41) is 0. The maximum absolute atomic E-state index is 10.0. The number of nitrogens with zero attached hydrogens (tertiary/aromatic N) is 1. The summed E-state index contributed by atoms with van der Waals surface area (Å²) < 4.78 is 8.02. The van der Waals surface area contributed by atoms with E-state index < -0.39 is 8.17 Å². The summed E-state index contributed by atoms with van der Waals surface area (Å²) in [6.45, 7) is 1.14. The Morgan fingerprint density at radius 3 is 2.83 bits per heavy atom. The summed E-state index contributed by atoms with van der Waals surface area (Å²) in [5.74, 6) is 0. The summed E-state index contributed by atoms with van der Waals surface area (Å²) in [6, 6.07) is 0. The molecule has 0 aromatic carbocycles. The zero-order valence-corrected chi connectivity index (χ0v) is 4.02. The van der Waals surface area contributed by atoms with Crippen LogP contribution in [0.5, 0.6) is 0 Å². The largest absolute Gasteiger partial charge is 0.584 e. The van der Waals surface area contributed by atoms with Gasteiger partial charge in [0.25, 0.3) is 0 Å². The van der Waals surface area contributed by atoms with E-state index >= 15 is 0 Å². The molecule has 0 saturated heterocycles. The highest BCUT2D eigenvalue weighted by molar-refractivity contribution is 7.33. The molecule has 34 valence electrons. The van der Waals surface area contributed by atoms with Crippen LogP contribution in [0.3, 0.4) is 0 Å². The molecule has 0 N–H and O–H groups in total. The van der Waals surface area contributed by atoms with E-state index in [9.17, 15) is 4.89 Å². The second-order valence-corrected chi connectivity index (χ2v) is 1.95. The van der Waals surface area contributed by atoms with Gasteiger partial charge in [0.2, 0.25) is 0 Å². The minimum atomic E-state index is -1.59. The Labute approximate surface area is 36.6 Å². The van der Waals surface area contributed by atoms with Crippen molar-refractivity contribution >= 4 is 8.17 Å². The van der Waals surface area contributed by atoms with Crippen molar-refractivity contribution in [1.82, 2.24) is 0 Å². The lowest BCUT2D eigenvalue weighted by atomic mass is 10.8. The molecule has 0 aliphatic carbocycles. The van der Waals surface area contributed by atoms with E-state index in [-0.39, 0.29) is 0 Å². The average molecular weight is 105 g/mol. The highest BCUT2D eigenvalue weighted by Crippen LogP contribution is 2.19. The van der Waals surface area contributed by atoms with Gasteiger partial charge < -0.3 is 4.89 Å². The fourth-order valence-electron chi connectivity index (χ4n) is 0.282. The van der Waals surface area contributed by atoms with Gasteiger partial charge in [-0.05, 0) is 0 Å². The maximum Gasteiger partial charge on any atom is 0.341 e. The molecule has 0 amide bonds. The van der Waals surface area contributed by atoms with Crippen molar-refractivity contribution < 1.29 is 9.42 Å². The fourth-order valence-corrected chi connectivity index (χ4v) is 0.847. The maximum atomic E-state index is 10.0. The Morgan fingerprint density at radius 1 is 1.83 bits per heavy atom. The summed E-state index contributed by atoms with van der Waals surface area (Å²) in [7, 11) is -1.59.